The zero-order valence-corrected chi connectivity index (χ0v) is 15.2. The molecule has 4 aromatic carbocycles. The Kier molecular flexibility index (Phi) is 3.71. The third-order valence-corrected chi connectivity index (χ3v) is 5.68. The van der Waals surface area contributed by atoms with Gasteiger partial charge < -0.3 is 10.2 Å². The first kappa shape index (κ1) is 17.4. The lowest BCUT2D eigenvalue weighted by atomic mass is 9.67. The van der Waals surface area contributed by atoms with Gasteiger partial charge >= 0.3 is 0 Å². The Hall–Kier alpha value is -3.66. The van der Waals surface area contributed by atoms with Gasteiger partial charge in [0.15, 0.2) is 0 Å². The van der Waals surface area contributed by atoms with E-state index in [2.05, 4.69) is 0 Å². The summed E-state index contributed by atoms with van der Waals surface area (Å²) in [6.45, 7) is 0. The molecule has 0 atom stereocenters. The van der Waals surface area contributed by atoms with Crippen molar-refractivity contribution in [1.29, 1.82) is 0 Å². The second-order valence-electron chi connectivity index (χ2n) is 7.16. The van der Waals surface area contributed by atoms with Crippen molar-refractivity contribution in [2.75, 3.05) is 0 Å². The quantitative estimate of drug-likeness (QED) is 0.406. The van der Waals surface area contributed by atoms with Crippen LogP contribution in [0.4, 0.5) is 8.78 Å². The molecule has 0 radical (unpaired) electrons. The van der Waals surface area contributed by atoms with Crippen LogP contribution in [0, 0.1) is 11.6 Å². The molecule has 4 aromatic rings. The first-order valence-electron chi connectivity index (χ1n) is 9.21. The van der Waals surface area contributed by atoms with Crippen molar-refractivity contribution in [3.8, 4) is 22.6 Å². The van der Waals surface area contributed by atoms with Crippen LogP contribution >= 0.6 is 0 Å². The second-order valence-corrected chi connectivity index (χ2v) is 7.16. The van der Waals surface area contributed by atoms with Gasteiger partial charge in [-0.15, -0.1) is 0 Å². The molecule has 0 bridgehead atoms. The van der Waals surface area contributed by atoms with E-state index in [1.165, 1.54) is 36.4 Å². The number of rotatable bonds is 2. The van der Waals surface area contributed by atoms with Crippen molar-refractivity contribution in [1.82, 2.24) is 0 Å². The minimum atomic E-state index is -1.27. The van der Waals surface area contributed by atoms with Gasteiger partial charge in [-0.2, -0.15) is 0 Å². The van der Waals surface area contributed by atoms with Crippen molar-refractivity contribution in [2.45, 2.75) is 5.41 Å². The van der Waals surface area contributed by atoms with Crippen LogP contribution in [0.25, 0.3) is 11.1 Å². The van der Waals surface area contributed by atoms with Crippen LogP contribution in [0.2, 0.25) is 0 Å². The van der Waals surface area contributed by atoms with Crippen LogP contribution in [0.1, 0.15) is 22.3 Å². The molecule has 1 aliphatic carbocycles. The fourth-order valence-corrected chi connectivity index (χ4v) is 4.58. The standard InChI is InChI=1S/C25H16F2O2/c26-15-9-11-23(28)21(13-15)25(22-14-16(27)10-12-24(22)29)19-7-3-1-5-17(19)18-6-2-4-8-20(18)25/h1-14,28-29H. The predicted molar refractivity (Wildman–Crippen MR) is 107 cm³/mol. The predicted octanol–water partition coefficient (Wildman–Crippen LogP) is 5.74. The molecule has 0 unspecified atom stereocenters. The van der Waals surface area contributed by atoms with E-state index in [1.54, 1.807) is 0 Å². The second kappa shape index (κ2) is 6.17. The fourth-order valence-electron chi connectivity index (χ4n) is 4.58. The Balaban J connectivity index is 2.04. The Morgan fingerprint density at radius 1 is 0.517 bits per heavy atom. The number of fused-ring (bicyclic) bond motifs is 3. The zero-order valence-electron chi connectivity index (χ0n) is 15.2. The molecule has 142 valence electrons. The monoisotopic (exact) mass is 386 g/mol. The summed E-state index contributed by atoms with van der Waals surface area (Å²) in [5, 5.41) is 21.6. The average molecular weight is 386 g/mol. The molecular weight excluding hydrogens is 370 g/mol. The summed E-state index contributed by atoms with van der Waals surface area (Å²) in [5.74, 6) is -1.34. The minimum Gasteiger partial charge on any atom is -0.508 e. The molecular formula is C25H16F2O2. The van der Waals surface area contributed by atoms with E-state index in [0.717, 1.165) is 22.3 Å². The van der Waals surface area contributed by atoms with Crippen LogP contribution in [0.15, 0.2) is 84.9 Å². The van der Waals surface area contributed by atoms with E-state index in [1.807, 2.05) is 48.5 Å². The number of phenols is 2. The molecule has 5 rings (SSSR count). The highest BCUT2D eigenvalue weighted by atomic mass is 19.1. The van der Waals surface area contributed by atoms with Gasteiger partial charge in [0.1, 0.15) is 23.1 Å². The summed E-state index contributed by atoms with van der Waals surface area (Å²) in [6, 6.07) is 22.5. The number of phenolic OH excluding ortho intramolecular Hbond substituents is 2. The van der Waals surface area contributed by atoms with E-state index in [0.29, 0.717) is 0 Å². The first-order chi connectivity index (χ1) is 14.0. The number of hydrogen-bond acceptors (Lipinski definition) is 2. The highest BCUT2D eigenvalue weighted by Crippen LogP contribution is 2.59. The van der Waals surface area contributed by atoms with Crippen LogP contribution in [-0.4, -0.2) is 10.2 Å². The minimum absolute atomic E-state index is 0.137. The third-order valence-electron chi connectivity index (χ3n) is 5.68. The molecule has 0 saturated carbocycles. The van der Waals surface area contributed by atoms with Gasteiger partial charge in [-0.1, -0.05) is 48.5 Å². The lowest BCUT2D eigenvalue weighted by molar-refractivity contribution is 0.444. The highest BCUT2D eigenvalue weighted by molar-refractivity contribution is 5.87. The van der Waals surface area contributed by atoms with E-state index in [4.69, 9.17) is 0 Å². The Morgan fingerprint density at radius 3 is 1.38 bits per heavy atom. The van der Waals surface area contributed by atoms with E-state index in [9.17, 15) is 19.0 Å². The van der Waals surface area contributed by atoms with Gasteiger partial charge in [0.25, 0.3) is 0 Å². The van der Waals surface area contributed by atoms with Crippen molar-refractivity contribution in [2.24, 2.45) is 0 Å². The molecule has 2 nitrogen and oxygen atoms in total. The molecule has 0 fully saturated rings. The summed E-state index contributed by atoms with van der Waals surface area (Å²) in [7, 11) is 0. The average Bonchev–Trinajstić information content (AvgIpc) is 3.03. The lowest BCUT2D eigenvalue weighted by Crippen LogP contribution is -2.29. The van der Waals surface area contributed by atoms with Gasteiger partial charge in [-0.05, 0) is 58.7 Å². The SMILES string of the molecule is Oc1ccc(F)cc1C1(c2cc(F)ccc2O)c2ccccc2-c2ccccc21. The summed E-state index contributed by atoms with van der Waals surface area (Å²) < 4.78 is 28.7. The fraction of sp³-hybridized carbons (Fsp3) is 0.0400. The maximum atomic E-state index is 14.4. The van der Waals surface area contributed by atoms with Crippen LogP contribution < -0.4 is 0 Å². The largest absolute Gasteiger partial charge is 0.508 e. The molecule has 2 N–H and O–H groups in total. The Labute approximate surface area is 166 Å². The van der Waals surface area contributed by atoms with Crippen molar-refractivity contribution >= 4 is 0 Å². The molecule has 0 amide bonds. The molecule has 1 aliphatic rings. The third kappa shape index (κ3) is 2.32. The van der Waals surface area contributed by atoms with Gasteiger partial charge in [0.2, 0.25) is 0 Å². The molecule has 0 saturated heterocycles. The molecule has 0 aliphatic heterocycles. The van der Waals surface area contributed by atoms with Crippen molar-refractivity contribution in [3.63, 3.8) is 0 Å². The normalized spacial score (nSPS) is 13.7. The molecule has 0 heterocycles. The van der Waals surface area contributed by atoms with Gasteiger partial charge in [0, 0.05) is 11.1 Å². The smallest absolute Gasteiger partial charge is 0.123 e. The van der Waals surface area contributed by atoms with Crippen molar-refractivity contribution < 1.29 is 19.0 Å². The Morgan fingerprint density at radius 2 is 0.931 bits per heavy atom. The van der Waals surface area contributed by atoms with Crippen molar-refractivity contribution in [3.05, 3.63) is 119 Å². The number of halogens is 2. The number of hydrogen-bond donors (Lipinski definition) is 2. The number of benzene rings is 4. The van der Waals surface area contributed by atoms with Crippen LogP contribution in [-0.2, 0) is 5.41 Å². The molecule has 4 heteroatoms. The van der Waals surface area contributed by atoms with Gasteiger partial charge in [0.05, 0.1) is 5.41 Å². The van der Waals surface area contributed by atoms with E-state index >= 15 is 0 Å². The molecule has 0 spiro atoms. The maximum absolute atomic E-state index is 14.4. The summed E-state index contributed by atoms with van der Waals surface area (Å²) in [4.78, 5) is 0. The topological polar surface area (TPSA) is 40.5 Å². The van der Waals surface area contributed by atoms with Crippen LogP contribution in [0.5, 0.6) is 11.5 Å². The first-order valence-corrected chi connectivity index (χ1v) is 9.21. The van der Waals surface area contributed by atoms with Crippen LogP contribution in [0.3, 0.4) is 0 Å². The highest BCUT2D eigenvalue weighted by Gasteiger charge is 2.49. The van der Waals surface area contributed by atoms with Gasteiger partial charge in [-0.3, -0.25) is 0 Å². The maximum Gasteiger partial charge on any atom is 0.123 e. The summed E-state index contributed by atoms with van der Waals surface area (Å²) >= 11 is 0. The Bertz CT molecular complexity index is 1160. The van der Waals surface area contributed by atoms with E-state index in [-0.39, 0.29) is 22.6 Å². The van der Waals surface area contributed by atoms with Gasteiger partial charge in [-0.25, -0.2) is 8.78 Å². The zero-order chi connectivity index (χ0) is 20.2. The molecule has 0 aromatic heterocycles. The lowest BCUT2D eigenvalue weighted by Gasteiger charge is -2.34. The number of aromatic hydroxyl groups is 2. The van der Waals surface area contributed by atoms with E-state index < -0.39 is 17.0 Å². The molecule has 29 heavy (non-hydrogen) atoms. The summed E-state index contributed by atoms with van der Waals surface area (Å²) in [6.07, 6.45) is 0. The summed E-state index contributed by atoms with van der Waals surface area (Å²) in [5.41, 5.74) is 2.47.